The van der Waals surface area contributed by atoms with Gasteiger partial charge in [-0.3, -0.25) is 14.5 Å². The van der Waals surface area contributed by atoms with E-state index in [-0.39, 0.29) is 12.5 Å². The summed E-state index contributed by atoms with van der Waals surface area (Å²) in [6, 6.07) is 12.4. The summed E-state index contributed by atoms with van der Waals surface area (Å²) in [6.07, 6.45) is 0.779. The van der Waals surface area contributed by atoms with Crippen LogP contribution in [0, 0.1) is 11.8 Å². The number of benzene rings is 2. The summed E-state index contributed by atoms with van der Waals surface area (Å²) in [7, 11) is 3.14. The van der Waals surface area contributed by atoms with Gasteiger partial charge in [0, 0.05) is 18.2 Å². The van der Waals surface area contributed by atoms with Gasteiger partial charge in [0.15, 0.2) is 5.92 Å². The normalized spacial score (nSPS) is 17.7. The van der Waals surface area contributed by atoms with Gasteiger partial charge in [0.25, 0.3) is 0 Å². The molecule has 0 N–H and O–H groups in total. The smallest absolute Gasteiger partial charge is 0.321 e. The Morgan fingerprint density at radius 1 is 1.12 bits per heavy atom. The maximum absolute atomic E-state index is 13.9. The number of anilines is 1. The van der Waals surface area contributed by atoms with Crippen LogP contribution in [-0.2, 0) is 14.3 Å². The fourth-order valence-electron chi connectivity index (χ4n) is 4.49. The molecule has 1 aliphatic rings. The van der Waals surface area contributed by atoms with Crippen LogP contribution >= 0.6 is 0 Å². The number of hydrogen-bond acceptors (Lipinski definition) is 6. The van der Waals surface area contributed by atoms with E-state index in [0.717, 1.165) is 17.5 Å². The number of ether oxygens (including phenoxy) is 3. The fourth-order valence-corrected chi connectivity index (χ4v) is 4.49. The van der Waals surface area contributed by atoms with Gasteiger partial charge in [0.1, 0.15) is 11.5 Å². The van der Waals surface area contributed by atoms with Crippen molar-refractivity contribution in [1.82, 2.24) is 9.55 Å². The maximum atomic E-state index is 13.9. The molecule has 1 aromatic heterocycles. The molecule has 0 aliphatic carbocycles. The Kier molecular flexibility index (Phi) is 6.77. The van der Waals surface area contributed by atoms with Gasteiger partial charge >= 0.3 is 5.97 Å². The number of hydrogen-bond donors (Lipinski definition) is 0. The molecule has 2 heterocycles. The average Bonchev–Trinajstić information content (AvgIpc) is 3.21. The van der Waals surface area contributed by atoms with Gasteiger partial charge in [-0.15, -0.1) is 0 Å². The van der Waals surface area contributed by atoms with E-state index in [1.807, 2.05) is 34.9 Å². The van der Waals surface area contributed by atoms with E-state index in [4.69, 9.17) is 19.2 Å². The molecule has 3 aromatic rings. The molecule has 2 atom stereocenters. The zero-order chi connectivity index (χ0) is 24.4. The molecule has 0 bridgehead atoms. The van der Waals surface area contributed by atoms with Gasteiger partial charge in [0.2, 0.25) is 11.9 Å². The monoisotopic (exact) mass is 465 g/mol. The molecule has 0 fully saturated rings. The second-order valence-electron chi connectivity index (χ2n) is 8.73. The van der Waals surface area contributed by atoms with Gasteiger partial charge in [-0.1, -0.05) is 26.0 Å². The molecule has 0 spiro atoms. The number of aromatic nitrogens is 2. The molecule has 180 valence electrons. The van der Waals surface area contributed by atoms with E-state index in [2.05, 4.69) is 13.8 Å². The number of carbonyl (C=O) groups is 2. The molecule has 8 nitrogen and oxygen atoms in total. The van der Waals surface area contributed by atoms with Crippen LogP contribution in [0.2, 0.25) is 0 Å². The standard InChI is InChI=1S/C26H31N3O5/c1-6-34-25(31)22-23(18-12-11-17(32-4)15-21(18)33-5)29-20-10-8-7-9-19(20)27-26(29)28(24(22)30)14-13-16(2)3/h7-12,15-16,22-23H,6,13-14H2,1-5H3/t22-,23-/m0/s1. The summed E-state index contributed by atoms with van der Waals surface area (Å²) in [5, 5.41) is 0. The lowest BCUT2D eigenvalue weighted by Gasteiger charge is -2.38. The Labute approximate surface area is 199 Å². The first-order valence-corrected chi connectivity index (χ1v) is 11.6. The average molecular weight is 466 g/mol. The SMILES string of the molecule is CCOC(=O)[C@@H]1C(=O)N(CCC(C)C)c2nc3ccccc3n2[C@H]1c1ccc(OC)cc1OC. The van der Waals surface area contributed by atoms with Gasteiger partial charge in [0.05, 0.1) is 37.9 Å². The summed E-state index contributed by atoms with van der Waals surface area (Å²) in [4.78, 5) is 33.7. The molecule has 1 amide bonds. The van der Waals surface area contributed by atoms with Crippen molar-refractivity contribution in [3.05, 3.63) is 48.0 Å². The van der Waals surface area contributed by atoms with Crippen LogP contribution in [-0.4, -0.2) is 48.8 Å². The highest BCUT2D eigenvalue weighted by atomic mass is 16.5. The Morgan fingerprint density at radius 3 is 2.56 bits per heavy atom. The van der Waals surface area contributed by atoms with Crippen molar-refractivity contribution in [2.45, 2.75) is 33.2 Å². The van der Waals surface area contributed by atoms with E-state index in [1.54, 1.807) is 38.2 Å². The molecular formula is C26H31N3O5. The number of para-hydroxylation sites is 2. The second-order valence-corrected chi connectivity index (χ2v) is 8.73. The predicted octanol–water partition coefficient (Wildman–Crippen LogP) is 4.21. The zero-order valence-corrected chi connectivity index (χ0v) is 20.3. The minimum absolute atomic E-state index is 0.179. The van der Waals surface area contributed by atoms with E-state index in [9.17, 15) is 9.59 Å². The summed E-state index contributed by atoms with van der Waals surface area (Å²) >= 11 is 0. The minimum atomic E-state index is -1.08. The van der Waals surface area contributed by atoms with Gasteiger partial charge < -0.3 is 18.8 Å². The summed E-state index contributed by atoms with van der Waals surface area (Å²) < 4.78 is 18.4. The molecule has 4 rings (SSSR count). The minimum Gasteiger partial charge on any atom is -0.497 e. The van der Waals surface area contributed by atoms with Crippen LogP contribution in [0.5, 0.6) is 11.5 Å². The molecule has 34 heavy (non-hydrogen) atoms. The molecule has 2 aromatic carbocycles. The number of amides is 1. The Bertz CT molecular complexity index is 1200. The summed E-state index contributed by atoms with van der Waals surface area (Å²) in [5.74, 6) is 0.0782. The number of carbonyl (C=O) groups excluding carboxylic acids is 2. The number of esters is 1. The van der Waals surface area contributed by atoms with Crippen molar-refractivity contribution in [2.24, 2.45) is 11.8 Å². The van der Waals surface area contributed by atoms with Crippen molar-refractivity contribution < 1.29 is 23.8 Å². The van der Waals surface area contributed by atoms with Crippen molar-refractivity contribution in [3.63, 3.8) is 0 Å². The van der Waals surface area contributed by atoms with Crippen molar-refractivity contribution in [3.8, 4) is 11.5 Å². The van der Waals surface area contributed by atoms with E-state index in [0.29, 0.717) is 35.5 Å². The second kappa shape index (κ2) is 9.75. The van der Waals surface area contributed by atoms with Crippen LogP contribution < -0.4 is 14.4 Å². The number of methoxy groups -OCH3 is 2. The van der Waals surface area contributed by atoms with Crippen LogP contribution in [0.4, 0.5) is 5.95 Å². The Balaban J connectivity index is 2.00. The van der Waals surface area contributed by atoms with Gasteiger partial charge in [-0.05, 0) is 43.5 Å². The molecule has 1 aliphatic heterocycles. The zero-order valence-electron chi connectivity index (χ0n) is 20.3. The lowest BCUT2D eigenvalue weighted by molar-refractivity contribution is -0.153. The first-order chi connectivity index (χ1) is 16.4. The highest BCUT2D eigenvalue weighted by Crippen LogP contribution is 2.44. The fraction of sp³-hybridized carbons (Fsp3) is 0.423. The Morgan fingerprint density at radius 2 is 1.88 bits per heavy atom. The molecule has 8 heteroatoms. The first kappa shape index (κ1) is 23.6. The van der Waals surface area contributed by atoms with E-state index < -0.39 is 17.9 Å². The summed E-state index contributed by atoms with van der Waals surface area (Å²) in [5.41, 5.74) is 2.26. The highest BCUT2D eigenvalue weighted by Gasteiger charge is 2.48. The topological polar surface area (TPSA) is 82.9 Å². The lowest BCUT2D eigenvalue weighted by atomic mass is 9.88. The molecule has 0 radical (unpaired) electrons. The Hall–Kier alpha value is -3.55. The number of fused-ring (bicyclic) bond motifs is 3. The van der Waals surface area contributed by atoms with E-state index >= 15 is 0 Å². The molecular weight excluding hydrogens is 434 g/mol. The number of nitrogens with zero attached hydrogens (tertiary/aromatic N) is 3. The maximum Gasteiger partial charge on any atom is 0.321 e. The van der Waals surface area contributed by atoms with Crippen LogP contribution in [0.25, 0.3) is 11.0 Å². The largest absolute Gasteiger partial charge is 0.497 e. The van der Waals surface area contributed by atoms with Gasteiger partial charge in [-0.2, -0.15) is 0 Å². The van der Waals surface area contributed by atoms with Crippen LogP contribution in [0.15, 0.2) is 42.5 Å². The quantitative estimate of drug-likeness (QED) is 0.366. The molecule has 0 saturated heterocycles. The number of rotatable bonds is 8. The molecule has 0 saturated carbocycles. The highest BCUT2D eigenvalue weighted by molar-refractivity contribution is 6.08. The van der Waals surface area contributed by atoms with Gasteiger partial charge in [-0.25, -0.2) is 4.98 Å². The van der Waals surface area contributed by atoms with Crippen molar-refractivity contribution >= 4 is 28.9 Å². The molecule has 0 unspecified atom stereocenters. The van der Waals surface area contributed by atoms with Crippen molar-refractivity contribution in [1.29, 1.82) is 0 Å². The third kappa shape index (κ3) is 4.08. The summed E-state index contributed by atoms with van der Waals surface area (Å²) in [6.45, 7) is 6.58. The third-order valence-corrected chi connectivity index (χ3v) is 6.17. The van der Waals surface area contributed by atoms with Crippen LogP contribution in [0.3, 0.4) is 0 Å². The number of imidazole rings is 1. The van der Waals surface area contributed by atoms with Crippen LogP contribution in [0.1, 0.15) is 38.8 Å². The predicted molar refractivity (Wildman–Crippen MR) is 129 cm³/mol. The van der Waals surface area contributed by atoms with E-state index in [1.165, 1.54) is 0 Å². The first-order valence-electron chi connectivity index (χ1n) is 11.6. The van der Waals surface area contributed by atoms with Crippen molar-refractivity contribution in [2.75, 3.05) is 32.3 Å². The lowest BCUT2D eigenvalue weighted by Crippen LogP contribution is -2.50. The third-order valence-electron chi connectivity index (χ3n) is 6.17.